The van der Waals surface area contributed by atoms with Crippen LogP contribution < -0.4 is 19.7 Å². The van der Waals surface area contributed by atoms with Crippen LogP contribution in [-0.2, 0) is 16.0 Å². The molecule has 1 saturated heterocycles. The number of carbonyl (C=O) groups excluding carboxylic acids is 2. The summed E-state index contributed by atoms with van der Waals surface area (Å²) in [5.41, 5.74) is 3.04. The SMILES string of the molecule is CCc1ccc(N2C(=O)/C(=C/c3ccc(OCC(=O)Nc4cccc(Cl)c4Cl)c(OC)c3)SC2=S)cc1. The number of rotatable bonds is 8. The van der Waals surface area contributed by atoms with Crippen molar-refractivity contribution in [2.75, 3.05) is 23.9 Å². The third-order valence-corrected chi connectivity index (χ3v) is 7.59. The van der Waals surface area contributed by atoms with E-state index >= 15 is 0 Å². The van der Waals surface area contributed by atoms with Crippen molar-refractivity contribution in [3.63, 3.8) is 0 Å². The van der Waals surface area contributed by atoms with Gasteiger partial charge in [-0.3, -0.25) is 14.5 Å². The molecule has 37 heavy (non-hydrogen) atoms. The van der Waals surface area contributed by atoms with Crippen molar-refractivity contribution in [1.29, 1.82) is 0 Å². The van der Waals surface area contributed by atoms with Crippen molar-refractivity contribution in [3.05, 3.63) is 86.7 Å². The lowest BCUT2D eigenvalue weighted by atomic mass is 10.1. The van der Waals surface area contributed by atoms with Gasteiger partial charge >= 0.3 is 0 Å². The second-order valence-corrected chi connectivity index (χ2v) is 10.3. The molecule has 1 N–H and O–H groups in total. The summed E-state index contributed by atoms with van der Waals surface area (Å²) >= 11 is 18.8. The lowest BCUT2D eigenvalue weighted by Crippen LogP contribution is -2.27. The first-order valence-electron chi connectivity index (χ1n) is 11.2. The van der Waals surface area contributed by atoms with E-state index in [4.69, 9.17) is 44.9 Å². The van der Waals surface area contributed by atoms with Crippen molar-refractivity contribution in [2.24, 2.45) is 0 Å². The first-order chi connectivity index (χ1) is 17.8. The molecule has 6 nitrogen and oxygen atoms in total. The molecular formula is C27H22Cl2N2O4S2. The molecule has 10 heteroatoms. The van der Waals surface area contributed by atoms with Gasteiger partial charge in [0.2, 0.25) is 0 Å². The summed E-state index contributed by atoms with van der Waals surface area (Å²) in [5.74, 6) is 0.185. The van der Waals surface area contributed by atoms with E-state index in [9.17, 15) is 9.59 Å². The Kier molecular flexibility index (Phi) is 8.76. The van der Waals surface area contributed by atoms with E-state index < -0.39 is 5.91 Å². The monoisotopic (exact) mass is 572 g/mol. The fraction of sp³-hybridized carbons (Fsp3) is 0.148. The largest absolute Gasteiger partial charge is 0.493 e. The third-order valence-electron chi connectivity index (χ3n) is 5.47. The maximum absolute atomic E-state index is 13.1. The molecule has 190 valence electrons. The van der Waals surface area contributed by atoms with Crippen LogP contribution >= 0.6 is 47.2 Å². The van der Waals surface area contributed by atoms with Gasteiger partial charge in [0.05, 0.1) is 33.4 Å². The molecule has 1 aliphatic rings. The maximum Gasteiger partial charge on any atom is 0.270 e. The van der Waals surface area contributed by atoms with Crippen LogP contribution in [0.15, 0.2) is 65.6 Å². The minimum atomic E-state index is -0.411. The van der Waals surface area contributed by atoms with E-state index in [1.165, 1.54) is 29.3 Å². The zero-order chi connectivity index (χ0) is 26.5. The van der Waals surface area contributed by atoms with Crippen LogP contribution in [-0.4, -0.2) is 29.9 Å². The molecule has 0 aliphatic carbocycles. The Morgan fingerprint density at radius 1 is 1.11 bits per heavy atom. The lowest BCUT2D eigenvalue weighted by molar-refractivity contribution is -0.118. The zero-order valence-electron chi connectivity index (χ0n) is 19.9. The van der Waals surface area contributed by atoms with Crippen molar-refractivity contribution in [2.45, 2.75) is 13.3 Å². The second kappa shape index (κ2) is 12.0. The number of nitrogens with one attached hydrogen (secondary N) is 1. The number of benzene rings is 3. The molecule has 2 amide bonds. The Hall–Kier alpha value is -3.04. The minimum absolute atomic E-state index is 0.185. The van der Waals surface area contributed by atoms with Gasteiger partial charge in [0.15, 0.2) is 22.4 Å². The zero-order valence-corrected chi connectivity index (χ0v) is 23.1. The summed E-state index contributed by atoms with van der Waals surface area (Å²) in [6.45, 7) is 1.81. The standard InChI is InChI=1S/C27H22Cl2N2O4S2/c1-3-16-7-10-18(11-8-16)31-26(33)23(37-27(31)36)14-17-9-12-21(22(13-17)34-2)35-15-24(32)30-20-6-4-5-19(28)25(20)29/h4-14H,3,15H2,1-2H3,(H,30,32)/b23-14-. The van der Waals surface area contributed by atoms with Crippen LogP contribution in [0.4, 0.5) is 11.4 Å². The number of halogens is 2. The fourth-order valence-corrected chi connectivity index (χ4v) is 5.19. The van der Waals surface area contributed by atoms with Crippen LogP contribution in [0.5, 0.6) is 11.5 Å². The Balaban J connectivity index is 1.45. The van der Waals surface area contributed by atoms with E-state index in [2.05, 4.69) is 12.2 Å². The number of hydrogen-bond donors (Lipinski definition) is 1. The van der Waals surface area contributed by atoms with Gasteiger partial charge in [0, 0.05) is 0 Å². The minimum Gasteiger partial charge on any atom is -0.493 e. The van der Waals surface area contributed by atoms with Gasteiger partial charge in [-0.05, 0) is 60.0 Å². The maximum atomic E-state index is 13.1. The topological polar surface area (TPSA) is 67.9 Å². The van der Waals surface area contributed by atoms with E-state index in [0.29, 0.717) is 31.4 Å². The number of hydrogen-bond acceptors (Lipinski definition) is 6. The quantitative estimate of drug-likeness (QED) is 0.232. The average molecular weight is 574 g/mol. The highest BCUT2D eigenvalue weighted by molar-refractivity contribution is 8.27. The van der Waals surface area contributed by atoms with E-state index in [1.54, 1.807) is 42.5 Å². The number of anilines is 2. The highest BCUT2D eigenvalue weighted by Crippen LogP contribution is 2.37. The number of carbonyl (C=O) groups is 2. The molecule has 0 saturated carbocycles. The highest BCUT2D eigenvalue weighted by Gasteiger charge is 2.33. The normalized spacial score (nSPS) is 14.3. The second-order valence-electron chi connectivity index (χ2n) is 7.89. The molecule has 1 fully saturated rings. The molecule has 3 aromatic carbocycles. The van der Waals surface area contributed by atoms with E-state index in [0.717, 1.165) is 17.7 Å². The molecule has 0 bridgehead atoms. The van der Waals surface area contributed by atoms with Crippen molar-refractivity contribution < 1.29 is 19.1 Å². The number of thioether (sulfide) groups is 1. The summed E-state index contributed by atoms with van der Waals surface area (Å²) in [6.07, 6.45) is 2.67. The Morgan fingerprint density at radius 3 is 2.57 bits per heavy atom. The molecule has 4 rings (SSSR count). The van der Waals surface area contributed by atoms with Gasteiger partial charge in [-0.15, -0.1) is 0 Å². The number of amides is 2. The number of aryl methyl sites for hydroxylation is 1. The van der Waals surface area contributed by atoms with Crippen molar-refractivity contribution >= 4 is 80.8 Å². The lowest BCUT2D eigenvalue weighted by Gasteiger charge is -2.14. The van der Waals surface area contributed by atoms with E-state index in [-0.39, 0.29) is 17.5 Å². The number of thiocarbonyl (C=S) groups is 1. The molecule has 0 spiro atoms. The van der Waals surface area contributed by atoms with Gasteiger partial charge in [0.1, 0.15) is 0 Å². The molecule has 3 aromatic rings. The summed E-state index contributed by atoms with van der Waals surface area (Å²) in [4.78, 5) is 27.5. The molecular weight excluding hydrogens is 551 g/mol. The Morgan fingerprint density at radius 2 is 1.86 bits per heavy atom. The molecule has 1 aliphatic heterocycles. The summed E-state index contributed by atoms with van der Waals surface area (Å²) < 4.78 is 11.6. The van der Waals surface area contributed by atoms with Crippen LogP contribution in [0.2, 0.25) is 10.0 Å². The average Bonchev–Trinajstić information content (AvgIpc) is 3.18. The van der Waals surface area contributed by atoms with Crippen LogP contribution in [0.25, 0.3) is 6.08 Å². The van der Waals surface area contributed by atoms with Gasteiger partial charge < -0.3 is 14.8 Å². The van der Waals surface area contributed by atoms with Crippen LogP contribution in [0.3, 0.4) is 0 Å². The Bertz CT molecular complexity index is 1390. The summed E-state index contributed by atoms with van der Waals surface area (Å²) in [7, 11) is 1.50. The van der Waals surface area contributed by atoms with E-state index in [1.807, 2.05) is 24.3 Å². The molecule has 0 radical (unpaired) electrons. The third kappa shape index (κ3) is 6.27. The van der Waals surface area contributed by atoms with Gasteiger partial charge in [-0.25, -0.2) is 0 Å². The number of nitrogens with zero attached hydrogens (tertiary/aromatic N) is 1. The predicted molar refractivity (Wildman–Crippen MR) is 155 cm³/mol. The molecule has 0 atom stereocenters. The van der Waals surface area contributed by atoms with Crippen molar-refractivity contribution in [1.82, 2.24) is 0 Å². The van der Waals surface area contributed by atoms with Crippen molar-refractivity contribution in [3.8, 4) is 11.5 Å². The van der Waals surface area contributed by atoms with Crippen LogP contribution in [0.1, 0.15) is 18.1 Å². The summed E-state index contributed by atoms with van der Waals surface area (Å²) in [5, 5.41) is 3.25. The van der Waals surface area contributed by atoms with Gasteiger partial charge in [0.25, 0.3) is 11.8 Å². The predicted octanol–water partition coefficient (Wildman–Crippen LogP) is 6.99. The smallest absolute Gasteiger partial charge is 0.270 e. The summed E-state index contributed by atoms with van der Waals surface area (Å²) in [6, 6.07) is 17.9. The highest BCUT2D eigenvalue weighted by atomic mass is 35.5. The molecule has 1 heterocycles. The fourth-order valence-electron chi connectivity index (χ4n) is 3.55. The number of ether oxygens (including phenoxy) is 2. The number of methoxy groups -OCH3 is 1. The van der Waals surface area contributed by atoms with Gasteiger partial charge in [-0.1, -0.05) is 78.4 Å². The first kappa shape index (κ1) is 27.0. The van der Waals surface area contributed by atoms with Gasteiger partial charge in [-0.2, -0.15) is 0 Å². The van der Waals surface area contributed by atoms with Crippen LogP contribution in [0, 0.1) is 0 Å². The Labute approximate surface area is 234 Å². The first-order valence-corrected chi connectivity index (χ1v) is 13.2. The molecule has 0 unspecified atom stereocenters. The molecule has 0 aromatic heterocycles.